The molecule has 29 heavy (non-hydrogen) atoms. The highest BCUT2D eigenvalue weighted by molar-refractivity contribution is 5.95. The molecule has 2 aliphatic heterocycles. The van der Waals surface area contributed by atoms with Gasteiger partial charge in [-0.25, -0.2) is 9.97 Å². The Hall–Kier alpha value is -2.87. The van der Waals surface area contributed by atoms with Crippen LogP contribution in [0.3, 0.4) is 0 Å². The largest absolute Gasteiger partial charge is 0.454 e. The van der Waals surface area contributed by atoms with Crippen LogP contribution in [0.25, 0.3) is 0 Å². The molecular formula is C21H27N5O3. The fourth-order valence-electron chi connectivity index (χ4n) is 3.66. The zero-order valence-electron chi connectivity index (χ0n) is 17.0. The second kappa shape index (κ2) is 8.65. The minimum Gasteiger partial charge on any atom is -0.454 e. The number of aromatic nitrogens is 2. The summed E-state index contributed by atoms with van der Waals surface area (Å²) in [6.45, 7) is 9.30. The molecule has 0 bridgehead atoms. The first-order valence-electron chi connectivity index (χ1n) is 10.1. The number of aryl methyl sites for hydroxylation is 1. The van der Waals surface area contributed by atoms with E-state index in [1.54, 1.807) is 6.20 Å². The van der Waals surface area contributed by atoms with Gasteiger partial charge in [-0.15, -0.1) is 0 Å². The smallest absolute Gasteiger partial charge is 0.257 e. The van der Waals surface area contributed by atoms with Crippen molar-refractivity contribution in [3.63, 3.8) is 0 Å². The van der Waals surface area contributed by atoms with Gasteiger partial charge in [0.25, 0.3) is 5.91 Å². The number of nitrogens with one attached hydrogen (secondary N) is 1. The summed E-state index contributed by atoms with van der Waals surface area (Å²) in [5.41, 5.74) is 2.30. The predicted octanol–water partition coefficient (Wildman–Crippen LogP) is 2.29. The number of rotatable bonds is 6. The van der Waals surface area contributed by atoms with Crippen LogP contribution >= 0.6 is 0 Å². The number of amides is 1. The maximum absolute atomic E-state index is 12.9. The highest BCUT2D eigenvalue weighted by Crippen LogP contribution is 2.32. The molecule has 4 rings (SSSR count). The molecule has 1 fully saturated rings. The lowest BCUT2D eigenvalue weighted by Crippen LogP contribution is -2.48. The van der Waals surface area contributed by atoms with Crippen LogP contribution in [0.15, 0.2) is 24.4 Å². The van der Waals surface area contributed by atoms with Crippen molar-refractivity contribution < 1.29 is 14.3 Å². The summed E-state index contributed by atoms with van der Waals surface area (Å²) in [6.07, 6.45) is 2.77. The van der Waals surface area contributed by atoms with Crippen LogP contribution in [0.1, 0.15) is 35.0 Å². The van der Waals surface area contributed by atoms with Crippen molar-refractivity contribution in [3.05, 3.63) is 41.2 Å². The number of hydrogen-bond acceptors (Lipinski definition) is 7. The zero-order valence-corrected chi connectivity index (χ0v) is 17.0. The van der Waals surface area contributed by atoms with E-state index in [2.05, 4.69) is 27.1 Å². The molecule has 1 aromatic carbocycles. The van der Waals surface area contributed by atoms with Gasteiger partial charge in [0.15, 0.2) is 11.5 Å². The van der Waals surface area contributed by atoms with Gasteiger partial charge in [0.2, 0.25) is 12.7 Å². The molecule has 8 heteroatoms. The molecule has 3 heterocycles. The topological polar surface area (TPSA) is 79.8 Å². The third-order valence-electron chi connectivity index (χ3n) is 5.30. The normalized spacial score (nSPS) is 16.1. The quantitative estimate of drug-likeness (QED) is 0.801. The van der Waals surface area contributed by atoms with Crippen molar-refractivity contribution in [3.8, 4) is 11.5 Å². The Kier molecular flexibility index (Phi) is 5.80. The molecule has 0 saturated carbocycles. The van der Waals surface area contributed by atoms with Gasteiger partial charge in [-0.3, -0.25) is 9.69 Å². The molecule has 0 unspecified atom stereocenters. The van der Waals surface area contributed by atoms with Crippen molar-refractivity contribution in [2.24, 2.45) is 0 Å². The van der Waals surface area contributed by atoms with E-state index in [1.807, 2.05) is 30.0 Å². The van der Waals surface area contributed by atoms with Gasteiger partial charge < -0.3 is 19.7 Å². The lowest BCUT2D eigenvalue weighted by atomic mass is 10.2. The summed E-state index contributed by atoms with van der Waals surface area (Å²) in [5, 5.41) is 3.21. The van der Waals surface area contributed by atoms with Gasteiger partial charge in [0.05, 0.1) is 11.3 Å². The Bertz CT molecular complexity index is 881. The summed E-state index contributed by atoms with van der Waals surface area (Å²) in [5.74, 6) is 2.03. The molecule has 1 N–H and O–H groups in total. The molecule has 1 aromatic heterocycles. The number of fused-ring (bicyclic) bond motifs is 1. The van der Waals surface area contributed by atoms with Crippen molar-refractivity contribution in [2.75, 3.05) is 44.8 Å². The van der Waals surface area contributed by atoms with Gasteiger partial charge in [0.1, 0.15) is 0 Å². The van der Waals surface area contributed by atoms with E-state index in [4.69, 9.17) is 9.47 Å². The fourth-order valence-corrected chi connectivity index (χ4v) is 3.66. The third kappa shape index (κ3) is 4.42. The van der Waals surface area contributed by atoms with Crippen LogP contribution in [0.2, 0.25) is 0 Å². The number of hydrogen-bond donors (Lipinski definition) is 1. The Morgan fingerprint density at radius 3 is 2.72 bits per heavy atom. The molecule has 0 atom stereocenters. The van der Waals surface area contributed by atoms with Crippen molar-refractivity contribution >= 4 is 11.9 Å². The van der Waals surface area contributed by atoms with E-state index in [-0.39, 0.29) is 12.7 Å². The molecule has 0 spiro atoms. The maximum atomic E-state index is 12.9. The lowest BCUT2D eigenvalue weighted by molar-refractivity contribution is 0.0636. The van der Waals surface area contributed by atoms with Crippen molar-refractivity contribution in [2.45, 2.75) is 26.8 Å². The monoisotopic (exact) mass is 397 g/mol. The van der Waals surface area contributed by atoms with Gasteiger partial charge in [-0.1, -0.05) is 13.0 Å². The maximum Gasteiger partial charge on any atom is 0.257 e. The van der Waals surface area contributed by atoms with Crippen molar-refractivity contribution in [1.29, 1.82) is 0 Å². The standard InChI is InChI=1S/C21H27N5O3/c1-3-6-25-7-9-26(10-8-25)20(27)17-13-23-21(24-15(17)2)22-12-16-4-5-18-19(11-16)29-14-28-18/h4-5,11,13H,3,6-10,12,14H2,1-2H3,(H,22,23,24). The van der Waals surface area contributed by atoms with Crippen LogP contribution in [0.5, 0.6) is 11.5 Å². The van der Waals surface area contributed by atoms with E-state index >= 15 is 0 Å². The molecule has 1 amide bonds. The Labute approximate surface area is 170 Å². The van der Waals surface area contributed by atoms with Crippen LogP contribution in [0.4, 0.5) is 5.95 Å². The summed E-state index contributed by atoms with van der Waals surface area (Å²) in [4.78, 5) is 26.0. The van der Waals surface area contributed by atoms with E-state index in [0.717, 1.165) is 56.2 Å². The first kappa shape index (κ1) is 19.4. The fraction of sp³-hybridized carbons (Fsp3) is 0.476. The lowest BCUT2D eigenvalue weighted by Gasteiger charge is -2.34. The van der Waals surface area contributed by atoms with E-state index in [9.17, 15) is 4.79 Å². The molecule has 2 aromatic rings. The highest BCUT2D eigenvalue weighted by Gasteiger charge is 2.23. The average Bonchev–Trinajstić information content (AvgIpc) is 3.20. The number of carbonyl (C=O) groups is 1. The van der Waals surface area contributed by atoms with Gasteiger partial charge in [0, 0.05) is 38.9 Å². The first-order chi connectivity index (χ1) is 14.1. The number of nitrogens with zero attached hydrogens (tertiary/aromatic N) is 4. The predicted molar refractivity (Wildman–Crippen MR) is 109 cm³/mol. The van der Waals surface area contributed by atoms with Gasteiger partial charge >= 0.3 is 0 Å². The summed E-state index contributed by atoms with van der Waals surface area (Å²) < 4.78 is 10.7. The average molecular weight is 397 g/mol. The summed E-state index contributed by atoms with van der Waals surface area (Å²) in [7, 11) is 0. The number of ether oxygens (including phenoxy) is 2. The number of anilines is 1. The van der Waals surface area contributed by atoms with Gasteiger partial charge in [-0.2, -0.15) is 0 Å². The SMILES string of the molecule is CCCN1CCN(C(=O)c2cnc(NCc3ccc4c(c3)OCO4)nc2C)CC1. The third-order valence-corrected chi connectivity index (χ3v) is 5.30. The van der Waals surface area contributed by atoms with Crippen molar-refractivity contribution in [1.82, 2.24) is 19.8 Å². The second-order valence-corrected chi connectivity index (χ2v) is 7.37. The first-order valence-corrected chi connectivity index (χ1v) is 10.1. The molecule has 0 radical (unpaired) electrons. The minimum absolute atomic E-state index is 0.0148. The zero-order chi connectivity index (χ0) is 20.2. The van der Waals surface area contributed by atoms with Crippen LogP contribution in [-0.4, -0.2) is 65.2 Å². The molecule has 0 aliphatic carbocycles. The number of piperazine rings is 1. The highest BCUT2D eigenvalue weighted by atomic mass is 16.7. The molecule has 154 valence electrons. The van der Waals surface area contributed by atoms with E-state index in [0.29, 0.717) is 23.8 Å². The molecular weight excluding hydrogens is 370 g/mol. The van der Waals surface area contributed by atoms with E-state index in [1.165, 1.54) is 0 Å². The van der Waals surface area contributed by atoms with Gasteiger partial charge in [-0.05, 0) is 37.6 Å². The van der Waals surface area contributed by atoms with Crippen LogP contribution < -0.4 is 14.8 Å². The second-order valence-electron chi connectivity index (χ2n) is 7.37. The molecule has 2 aliphatic rings. The number of benzene rings is 1. The summed E-state index contributed by atoms with van der Waals surface area (Å²) >= 11 is 0. The molecule has 1 saturated heterocycles. The Morgan fingerprint density at radius 1 is 1.17 bits per heavy atom. The summed E-state index contributed by atoms with van der Waals surface area (Å²) in [6, 6.07) is 5.81. The van der Waals surface area contributed by atoms with Crippen LogP contribution in [0, 0.1) is 6.92 Å². The minimum atomic E-state index is 0.0148. The van der Waals surface area contributed by atoms with Crippen LogP contribution in [-0.2, 0) is 6.54 Å². The van der Waals surface area contributed by atoms with E-state index < -0.39 is 0 Å². The Morgan fingerprint density at radius 2 is 1.97 bits per heavy atom. The number of carbonyl (C=O) groups excluding carboxylic acids is 1. The molecule has 8 nitrogen and oxygen atoms in total. The Balaban J connectivity index is 1.36.